The fraction of sp³-hybridized carbons (Fsp3) is 0.538. The third-order valence-electron chi connectivity index (χ3n) is 4.19. The van der Waals surface area contributed by atoms with Gasteiger partial charge in [0.1, 0.15) is 17.8 Å². The zero-order valence-electron chi connectivity index (χ0n) is 10.4. The summed E-state index contributed by atoms with van der Waals surface area (Å²) in [7, 11) is 0. The minimum absolute atomic E-state index is 0.508. The molecule has 90 valence electrons. The highest BCUT2D eigenvalue weighted by molar-refractivity contribution is 5.87. The second-order valence-corrected chi connectivity index (χ2v) is 5.00. The van der Waals surface area contributed by atoms with Gasteiger partial charge in [0.15, 0.2) is 0 Å². The van der Waals surface area contributed by atoms with Crippen molar-refractivity contribution in [2.24, 2.45) is 5.41 Å². The van der Waals surface area contributed by atoms with E-state index in [0.29, 0.717) is 5.41 Å². The van der Waals surface area contributed by atoms with E-state index in [1.807, 2.05) is 6.20 Å². The highest BCUT2D eigenvalue weighted by atomic mass is 15.3. The number of fused-ring (bicyclic) bond motifs is 1. The average Bonchev–Trinajstić information content (AvgIpc) is 2.77. The largest absolute Gasteiger partial charge is 0.355 e. The van der Waals surface area contributed by atoms with Crippen LogP contribution >= 0.6 is 0 Å². The fourth-order valence-electron chi connectivity index (χ4n) is 2.72. The van der Waals surface area contributed by atoms with Crippen molar-refractivity contribution in [1.82, 2.24) is 15.0 Å². The first-order chi connectivity index (χ1) is 8.28. The monoisotopic (exact) mass is 230 g/mol. The van der Waals surface area contributed by atoms with Crippen molar-refractivity contribution in [3.8, 4) is 0 Å². The molecule has 0 spiro atoms. The number of aromatic amines is 1. The smallest absolute Gasteiger partial charge is 0.142 e. The Morgan fingerprint density at radius 3 is 2.76 bits per heavy atom. The Morgan fingerprint density at radius 2 is 2.06 bits per heavy atom. The summed E-state index contributed by atoms with van der Waals surface area (Å²) in [6, 6.07) is 2.06. The van der Waals surface area contributed by atoms with Gasteiger partial charge < -0.3 is 9.88 Å². The third-order valence-corrected chi connectivity index (χ3v) is 4.19. The minimum Gasteiger partial charge on any atom is -0.355 e. The van der Waals surface area contributed by atoms with Crippen molar-refractivity contribution in [3.63, 3.8) is 0 Å². The minimum atomic E-state index is 0.508. The van der Waals surface area contributed by atoms with Crippen LogP contribution in [0.15, 0.2) is 18.6 Å². The van der Waals surface area contributed by atoms with E-state index < -0.39 is 0 Å². The lowest BCUT2D eigenvalue weighted by molar-refractivity contribution is 0.194. The molecule has 1 saturated heterocycles. The summed E-state index contributed by atoms with van der Waals surface area (Å²) in [4.78, 5) is 14.2. The molecule has 0 amide bonds. The van der Waals surface area contributed by atoms with E-state index in [4.69, 9.17) is 0 Å². The summed E-state index contributed by atoms with van der Waals surface area (Å²) >= 11 is 0. The van der Waals surface area contributed by atoms with E-state index in [2.05, 4.69) is 39.8 Å². The Kier molecular flexibility index (Phi) is 2.31. The van der Waals surface area contributed by atoms with Gasteiger partial charge in [-0.1, -0.05) is 13.8 Å². The first-order valence-corrected chi connectivity index (χ1v) is 6.31. The Balaban J connectivity index is 1.90. The molecule has 0 saturated carbocycles. The van der Waals surface area contributed by atoms with E-state index in [9.17, 15) is 0 Å². The molecule has 1 aliphatic heterocycles. The maximum Gasteiger partial charge on any atom is 0.142 e. The van der Waals surface area contributed by atoms with E-state index in [-0.39, 0.29) is 0 Å². The molecular formula is C13H18N4. The number of rotatable bonds is 3. The van der Waals surface area contributed by atoms with Crippen LogP contribution in [-0.4, -0.2) is 28.0 Å². The Hall–Kier alpha value is -1.58. The van der Waals surface area contributed by atoms with Crippen LogP contribution in [0.25, 0.3) is 11.0 Å². The summed E-state index contributed by atoms with van der Waals surface area (Å²) in [5.74, 6) is 1.08. The molecule has 0 aromatic carbocycles. The quantitative estimate of drug-likeness (QED) is 0.881. The lowest BCUT2D eigenvalue weighted by Crippen LogP contribution is -2.56. The van der Waals surface area contributed by atoms with Crippen LogP contribution in [0.5, 0.6) is 0 Å². The van der Waals surface area contributed by atoms with Crippen LogP contribution in [-0.2, 0) is 0 Å². The van der Waals surface area contributed by atoms with E-state index in [0.717, 1.165) is 29.9 Å². The molecule has 2 aromatic rings. The van der Waals surface area contributed by atoms with Crippen molar-refractivity contribution in [1.29, 1.82) is 0 Å². The van der Waals surface area contributed by atoms with E-state index in [1.165, 1.54) is 12.8 Å². The highest BCUT2D eigenvalue weighted by Gasteiger charge is 2.40. The van der Waals surface area contributed by atoms with Crippen molar-refractivity contribution in [3.05, 3.63) is 18.6 Å². The second kappa shape index (κ2) is 3.72. The summed E-state index contributed by atoms with van der Waals surface area (Å²) in [5, 5.41) is 1.13. The summed E-state index contributed by atoms with van der Waals surface area (Å²) in [6.45, 7) is 6.81. The summed E-state index contributed by atoms with van der Waals surface area (Å²) in [6.07, 6.45) is 6.07. The molecule has 4 heteroatoms. The molecule has 0 atom stereocenters. The molecule has 3 rings (SSSR count). The van der Waals surface area contributed by atoms with Crippen molar-refractivity contribution in [2.45, 2.75) is 26.7 Å². The van der Waals surface area contributed by atoms with Crippen LogP contribution in [0.1, 0.15) is 26.7 Å². The normalized spacial score (nSPS) is 18.4. The van der Waals surface area contributed by atoms with Gasteiger partial charge in [-0.2, -0.15) is 0 Å². The standard InChI is InChI=1S/C13H18N4/c1-3-13(4-2)7-17(8-13)12-10-5-6-14-11(10)15-9-16-12/h5-6,9H,3-4,7-8H2,1-2H3,(H,14,15,16). The van der Waals surface area contributed by atoms with E-state index >= 15 is 0 Å². The second-order valence-electron chi connectivity index (χ2n) is 5.00. The van der Waals surface area contributed by atoms with Gasteiger partial charge in [0, 0.05) is 24.7 Å². The first kappa shape index (κ1) is 10.6. The van der Waals surface area contributed by atoms with Crippen LogP contribution < -0.4 is 4.90 Å². The number of hydrogen-bond donors (Lipinski definition) is 1. The Morgan fingerprint density at radius 1 is 1.29 bits per heavy atom. The van der Waals surface area contributed by atoms with Gasteiger partial charge in [-0.25, -0.2) is 9.97 Å². The van der Waals surface area contributed by atoms with Gasteiger partial charge in [0.2, 0.25) is 0 Å². The van der Waals surface area contributed by atoms with Gasteiger partial charge in [0.05, 0.1) is 5.39 Å². The molecule has 0 unspecified atom stereocenters. The Bertz CT molecular complexity index is 519. The SMILES string of the molecule is CCC1(CC)CN(c2ncnc3[nH]ccc23)C1. The maximum atomic E-state index is 4.43. The topological polar surface area (TPSA) is 44.8 Å². The number of nitrogens with one attached hydrogen (secondary N) is 1. The zero-order chi connectivity index (χ0) is 11.9. The molecule has 3 heterocycles. The number of anilines is 1. The summed E-state index contributed by atoms with van der Waals surface area (Å²) < 4.78 is 0. The van der Waals surface area contributed by atoms with Gasteiger partial charge in [-0.15, -0.1) is 0 Å². The van der Waals surface area contributed by atoms with Gasteiger partial charge in [0.25, 0.3) is 0 Å². The van der Waals surface area contributed by atoms with Crippen molar-refractivity contribution < 1.29 is 0 Å². The predicted octanol–water partition coefficient (Wildman–Crippen LogP) is 2.58. The average molecular weight is 230 g/mol. The lowest BCUT2D eigenvalue weighted by Gasteiger charge is -2.50. The van der Waals surface area contributed by atoms with Gasteiger partial charge in [-0.05, 0) is 18.9 Å². The molecule has 4 nitrogen and oxygen atoms in total. The first-order valence-electron chi connectivity index (χ1n) is 6.31. The third kappa shape index (κ3) is 1.51. The predicted molar refractivity (Wildman–Crippen MR) is 69.1 cm³/mol. The lowest BCUT2D eigenvalue weighted by atomic mass is 9.75. The van der Waals surface area contributed by atoms with Crippen molar-refractivity contribution >= 4 is 16.9 Å². The molecule has 0 bridgehead atoms. The van der Waals surface area contributed by atoms with E-state index in [1.54, 1.807) is 6.33 Å². The number of H-pyrrole nitrogens is 1. The fourth-order valence-corrected chi connectivity index (χ4v) is 2.72. The maximum absolute atomic E-state index is 4.43. The molecule has 0 aliphatic carbocycles. The van der Waals surface area contributed by atoms with Crippen LogP contribution in [0.3, 0.4) is 0 Å². The highest BCUT2D eigenvalue weighted by Crippen LogP contribution is 2.40. The zero-order valence-corrected chi connectivity index (χ0v) is 10.4. The van der Waals surface area contributed by atoms with Crippen molar-refractivity contribution in [2.75, 3.05) is 18.0 Å². The van der Waals surface area contributed by atoms with Crippen LogP contribution in [0, 0.1) is 5.41 Å². The van der Waals surface area contributed by atoms with Gasteiger partial charge >= 0.3 is 0 Å². The number of aromatic nitrogens is 3. The number of hydrogen-bond acceptors (Lipinski definition) is 3. The molecule has 1 aliphatic rings. The van der Waals surface area contributed by atoms with Gasteiger partial charge in [-0.3, -0.25) is 0 Å². The molecule has 1 N–H and O–H groups in total. The Labute approximate surface area is 101 Å². The van der Waals surface area contributed by atoms with Crippen LogP contribution in [0.4, 0.5) is 5.82 Å². The molecule has 1 fully saturated rings. The van der Waals surface area contributed by atoms with Crippen LogP contribution in [0.2, 0.25) is 0 Å². The molecular weight excluding hydrogens is 212 g/mol. The molecule has 2 aromatic heterocycles. The summed E-state index contributed by atoms with van der Waals surface area (Å²) in [5.41, 5.74) is 1.44. The molecule has 17 heavy (non-hydrogen) atoms. The molecule has 0 radical (unpaired) electrons. The number of nitrogens with zero attached hydrogens (tertiary/aromatic N) is 3.